The van der Waals surface area contributed by atoms with Gasteiger partial charge in [-0.25, -0.2) is 9.89 Å². The van der Waals surface area contributed by atoms with Crippen molar-refractivity contribution in [3.05, 3.63) is 34.6 Å². The Morgan fingerprint density at radius 1 is 1.28 bits per heavy atom. The van der Waals surface area contributed by atoms with Gasteiger partial charge in [-0.15, -0.1) is 0 Å². The summed E-state index contributed by atoms with van der Waals surface area (Å²) in [5.41, 5.74) is -0.651. The van der Waals surface area contributed by atoms with Crippen molar-refractivity contribution < 1.29 is 9.53 Å². The van der Waals surface area contributed by atoms with E-state index in [1.54, 1.807) is 6.07 Å². The molecule has 0 aliphatic carbocycles. The van der Waals surface area contributed by atoms with E-state index in [0.717, 1.165) is 50.8 Å². The van der Waals surface area contributed by atoms with Crippen molar-refractivity contribution in [1.29, 1.82) is 0 Å². The van der Waals surface area contributed by atoms with Gasteiger partial charge in [0.2, 0.25) is 0 Å². The van der Waals surface area contributed by atoms with Crippen molar-refractivity contribution in [2.75, 3.05) is 31.5 Å². The van der Waals surface area contributed by atoms with E-state index in [1.165, 1.54) is 0 Å². The van der Waals surface area contributed by atoms with Crippen LogP contribution >= 0.6 is 0 Å². The number of carbonyl (C=O) groups is 1. The molecule has 158 valence electrons. The number of amides is 1. The number of hydrogen-bond donors (Lipinski definition) is 3. The van der Waals surface area contributed by atoms with Gasteiger partial charge in [0.15, 0.2) is 5.82 Å². The predicted octanol–water partition coefficient (Wildman–Crippen LogP) is 2.71. The average molecular weight is 402 g/mol. The van der Waals surface area contributed by atoms with Crippen molar-refractivity contribution in [2.45, 2.75) is 51.7 Å². The third-order valence-electron chi connectivity index (χ3n) is 4.90. The van der Waals surface area contributed by atoms with Gasteiger partial charge in [-0.2, -0.15) is 5.10 Å². The number of ether oxygens (including phenoxy) is 1. The minimum Gasteiger partial charge on any atom is -0.444 e. The maximum atomic E-state index is 12.3. The normalized spacial score (nSPS) is 16.9. The molecule has 3 rings (SSSR count). The number of nitrogens with one attached hydrogen (secondary N) is 3. The van der Waals surface area contributed by atoms with E-state index >= 15 is 0 Å². The monoisotopic (exact) mass is 401 g/mol. The number of fused-ring (bicyclic) bond motifs is 1. The molecule has 29 heavy (non-hydrogen) atoms. The Labute approximate surface area is 171 Å². The van der Waals surface area contributed by atoms with Crippen LogP contribution in [0.3, 0.4) is 0 Å². The van der Waals surface area contributed by atoms with Crippen LogP contribution in [0.5, 0.6) is 0 Å². The van der Waals surface area contributed by atoms with E-state index in [0.29, 0.717) is 11.2 Å². The van der Waals surface area contributed by atoms with E-state index < -0.39 is 5.60 Å². The quantitative estimate of drug-likeness (QED) is 0.617. The first-order chi connectivity index (χ1) is 13.8. The molecule has 1 amide bonds. The molecule has 0 bridgehead atoms. The van der Waals surface area contributed by atoms with Crippen molar-refractivity contribution in [1.82, 2.24) is 20.4 Å². The van der Waals surface area contributed by atoms with Gasteiger partial charge in [0.1, 0.15) is 5.60 Å². The second-order valence-electron chi connectivity index (χ2n) is 8.40. The van der Waals surface area contributed by atoms with Crippen molar-refractivity contribution in [3.8, 4) is 0 Å². The molecule has 1 unspecified atom stereocenters. The van der Waals surface area contributed by atoms with Crippen LogP contribution < -0.4 is 16.2 Å². The van der Waals surface area contributed by atoms with E-state index in [9.17, 15) is 9.59 Å². The zero-order valence-electron chi connectivity index (χ0n) is 17.5. The zero-order valence-corrected chi connectivity index (χ0v) is 17.5. The fraction of sp³-hybridized carbons (Fsp3) is 0.571. The molecule has 8 nitrogen and oxygen atoms in total. The second-order valence-corrected chi connectivity index (χ2v) is 8.40. The molecule has 1 aliphatic heterocycles. The number of likely N-dealkylation sites (tertiary alicyclic amines) is 1. The third-order valence-corrected chi connectivity index (χ3v) is 4.90. The standard InChI is InChI=1S/C21H31N5O3/c1-21(2,3)29-20(28)26-13-6-8-15(26)14-22-11-7-12-23-18-16-9-4-5-10-17(16)19(27)25-24-18/h4-5,9-10,15,22H,6-8,11-14H2,1-3H3,(H,23,24)(H,25,27). The molecule has 1 aliphatic rings. The average Bonchev–Trinajstić information content (AvgIpc) is 3.14. The number of benzene rings is 1. The number of H-pyrrole nitrogens is 1. The molecular formula is C21H31N5O3. The molecule has 0 spiro atoms. The number of aromatic amines is 1. The van der Waals surface area contributed by atoms with E-state index in [-0.39, 0.29) is 17.7 Å². The number of rotatable bonds is 7. The molecule has 2 aromatic rings. The van der Waals surface area contributed by atoms with Crippen LogP contribution in [0.4, 0.5) is 10.6 Å². The highest BCUT2D eigenvalue weighted by atomic mass is 16.6. The largest absolute Gasteiger partial charge is 0.444 e. The Hall–Kier alpha value is -2.61. The first-order valence-corrected chi connectivity index (χ1v) is 10.3. The van der Waals surface area contributed by atoms with Crippen molar-refractivity contribution in [3.63, 3.8) is 0 Å². The molecule has 8 heteroatoms. The maximum absolute atomic E-state index is 12.3. The highest BCUT2D eigenvalue weighted by Crippen LogP contribution is 2.20. The van der Waals surface area contributed by atoms with Gasteiger partial charge in [0.05, 0.1) is 5.39 Å². The lowest BCUT2D eigenvalue weighted by molar-refractivity contribution is 0.0227. The summed E-state index contributed by atoms with van der Waals surface area (Å²) < 4.78 is 5.51. The zero-order chi connectivity index (χ0) is 20.9. The number of anilines is 1. The van der Waals surface area contributed by atoms with Crippen LogP contribution in [0, 0.1) is 0 Å². The number of nitrogens with zero attached hydrogens (tertiary/aromatic N) is 2. The molecule has 1 fully saturated rings. The fourth-order valence-corrected chi connectivity index (χ4v) is 3.55. The summed E-state index contributed by atoms with van der Waals surface area (Å²) >= 11 is 0. The highest BCUT2D eigenvalue weighted by Gasteiger charge is 2.31. The summed E-state index contributed by atoms with van der Waals surface area (Å²) in [4.78, 5) is 26.0. The van der Waals surface area contributed by atoms with E-state index in [2.05, 4.69) is 20.8 Å². The Kier molecular flexibility index (Phi) is 6.74. The lowest BCUT2D eigenvalue weighted by Gasteiger charge is -2.28. The van der Waals surface area contributed by atoms with Gasteiger partial charge in [0, 0.05) is 31.1 Å². The summed E-state index contributed by atoms with van der Waals surface area (Å²) in [7, 11) is 0. The Morgan fingerprint density at radius 3 is 2.79 bits per heavy atom. The second kappa shape index (κ2) is 9.26. The van der Waals surface area contributed by atoms with Crippen molar-refractivity contribution >= 4 is 22.7 Å². The predicted molar refractivity (Wildman–Crippen MR) is 114 cm³/mol. The van der Waals surface area contributed by atoms with Gasteiger partial charge >= 0.3 is 6.09 Å². The van der Waals surface area contributed by atoms with E-state index in [4.69, 9.17) is 4.74 Å². The minimum absolute atomic E-state index is 0.182. The SMILES string of the molecule is CC(C)(C)OC(=O)N1CCCC1CNCCCNc1n[nH]c(=O)c2ccccc12. The molecule has 1 atom stereocenters. The minimum atomic E-state index is -0.469. The van der Waals surface area contributed by atoms with E-state index in [1.807, 2.05) is 43.9 Å². The molecule has 0 radical (unpaired) electrons. The maximum Gasteiger partial charge on any atom is 0.410 e. The Bertz CT molecular complexity index is 890. The molecule has 1 saturated heterocycles. The van der Waals surface area contributed by atoms with Gasteiger partial charge in [-0.05, 0) is 52.6 Å². The number of carbonyl (C=O) groups excluding carboxylic acids is 1. The highest BCUT2D eigenvalue weighted by molar-refractivity contribution is 5.90. The van der Waals surface area contributed by atoms with Crippen LogP contribution in [0.25, 0.3) is 10.8 Å². The number of aromatic nitrogens is 2. The molecular weight excluding hydrogens is 370 g/mol. The molecule has 1 aromatic carbocycles. The van der Waals surface area contributed by atoms with Crippen LogP contribution in [0.15, 0.2) is 29.1 Å². The Morgan fingerprint density at radius 2 is 2.03 bits per heavy atom. The first kappa shape index (κ1) is 21.1. The van der Waals surface area contributed by atoms with Crippen LogP contribution in [0.1, 0.15) is 40.0 Å². The lowest BCUT2D eigenvalue weighted by Crippen LogP contribution is -2.44. The molecule has 1 aromatic heterocycles. The Balaban J connectivity index is 1.41. The fourth-order valence-electron chi connectivity index (χ4n) is 3.55. The topological polar surface area (TPSA) is 99.3 Å². The first-order valence-electron chi connectivity index (χ1n) is 10.3. The lowest BCUT2D eigenvalue weighted by atomic mass is 10.2. The molecule has 3 N–H and O–H groups in total. The third kappa shape index (κ3) is 5.69. The summed E-state index contributed by atoms with van der Waals surface area (Å²) in [5.74, 6) is 0.687. The summed E-state index contributed by atoms with van der Waals surface area (Å²) in [6.45, 7) is 8.75. The van der Waals surface area contributed by atoms with Crippen LogP contribution in [-0.2, 0) is 4.74 Å². The smallest absolute Gasteiger partial charge is 0.410 e. The van der Waals surface area contributed by atoms with Crippen LogP contribution in [-0.4, -0.2) is 59.0 Å². The van der Waals surface area contributed by atoms with Crippen LogP contribution in [0.2, 0.25) is 0 Å². The summed E-state index contributed by atoms with van der Waals surface area (Å²) in [6, 6.07) is 7.61. The number of hydrogen-bond acceptors (Lipinski definition) is 6. The van der Waals surface area contributed by atoms with Gasteiger partial charge in [0.25, 0.3) is 5.56 Å². The van der Waals surface area contributed by atoms with Gasteiger partial charge < -0.3 is 20.3 Å². The molecule has 2 heterocycles. The molecule has 0 saturated carbocycles. The van der Waals surface area contributed by atoms with Gasteiger partial charge in [-0.3, -0.25) is 4.79 Å². The summed E-state index contributed by atoms with van der Waals surface area (Å²) in [5, 5.41) is 14.8. The summed E-state index contributed by atoms with van der Waals surface area (Å²) in [6.07, 6.45) is 2.68. The van der Waals surface area contributed by atoms with Crippen molar-refractivity contribution in [2.24, 2.45) is 0 Å². The van der Waals surface area contributed by atoms with Gasteiger partial charge in [-0.1, -0.05) is 18.2 Å².